The number of likely N-dealkylation sites (N-methyl/N-ethyl adjacent to an activating group) is 1. The van der Waals surface area contributed by atoms with Crippen LogP contribution < -0.4 is 5.32 Å². The minimum Gasteiger partial charge on any atom is -0.389 e. The van der Waals surface area contributed by atoms with Crippen molar-refractivity contribution in [2.45, 2.75) is 39.2 Å². The van der Waals surface area contributed by atoms with Crippen molar-refractivity contribution >= 4 is 11.7 Å². The number of nitrogens with one attached hydrogen (secondary N) is 1. The molecule has 0 aliphatic heterocycles. The maximum Gasteiger partial charge on any atom is 0.239 e. The van der Waals surface area contributed by atoms with Crippen LogP contribution in [0.25, 0.3) is 0 Å². The Hall–Kier alpha value is -1.40. The molecular formula is C13H23N3O3. The first-order valence-corrected chi connectivity index (χ1v) is 6.52. The first-order valence-electron chi connectivity index (χ1n) is 6.52. The van der Waals surface area contributed by atoms with Crippen molar-refractivity contribution in [3.63, 3.8) is 0 Å². The molecule has 0 aliphatic carbocycles. The first-order chi connectivity index (χ1) is 8.88. The molecule has 0 unspecified atom stereocenters. The van der Waals surface area contributed by atoms with Crippen LogP contribution in [0.15, 0.2) is 10.6 Å². The Morgan fingerprint density at radius 1 is 1.53 bits per heavy atom. The third-order valence-corrected chi connectivity index (χ3v) is 3.19. The van der Waals surface area contributed by atoms with Crippen molar-refractivity contribution in [2.24, 2.45) is 0 Å². The molecule has 1 rings (SSSR count). The molecule has 0 saturated heterocycles. The Morgan fingerprint density at radius 3 is 2.63 bits per heavy atom. The minimum absolute atomic E-state index is 0.176. The molecule has 2 N–H and O–H groups in total. The molecule has 0 saturated carbocycles. The molecule has 19 heavy (non-hydrogen) atoms. The summed E-state index contributed by atoms with van der Waals surface area (Å²) in [6.45, 7) is 6.31. The number of nitrogens with zero attached hydrogens (tertiary/aromatic N) is 2. The average molecular weight is 269 g/mol. The summed E-state index contributed by atoms with van der Waals surface area (Å²) in [5, 5.41) is 16.5. The topological polar surface area (TPSA) is 78.6 Å². The standard InChI is InChI=1S/C13H23N3O3/c1-5-13(18,6-2)9-16(4)8-12(17)14-11-7-10(3)19-15-11/h7,18H,5-6,8-9H2,1-4H3,(H,14,15,17). The second kappa shape index (κ2) is 6.68. The summed E-state index contributed by atoms with van der Waals surface area (Å²) < 4.78 is 4.87. The van der Waals surface area contributed by atoms with Crippen LogP contribution >= 0.6 is 0 Å². The monoisotopic (exact) mass is 269 g/mol. The van der Waals surface area contributed by atoms with Crippen LogP contribution in [0.1, 0.15) is 32.4 Å². The Balaban J connectivity index is 2.44. The second-order valence-corrected chi connectivity index (χ2v) is 4.97. The van der Waals surface area contributed by atoms with E-state index >= 15 is 0 Å². The van der Waals surface area contributed by atoms with Gasteiger partial charge in [0, 0.05) is 12.6 Å². The van der Waals surface area contributed by atoms with E-state index in [1.165, 1.54) is 0 Å². The SMILES string of the molecule is CCC(O)(CC)CN(C)CC(=O)Nc1cc(C)on1. The van der Waals surface area contributed by atoms with Gasteiger partial charge in [0.25, 0.3) is 0 Å². The number of aryl methyl sites for hydroxylation is 1. The molecule has 0 radical (unpaired) electrons. The molecule has 6 heteroatoms. The van der Waals surface area contributed by atoms with Crippen LogP contribution in [0, 0.1) is 6.92 Å². The molecule has 1 amide bonds. The van der Waals surface area contributed by atoms with Gasteiger partial charge in [-0.2, -0.15) is 0 Å². The van der Waals surface area contributed by atoms with Crippen molar-refractivity contribution in [1.82, 2.24) is 10.1 Å². The number of hydrogen-bond acceptors (Lipinski definition) is 5. The molecule has 0 aliphatic rings. The lowest BCUT2D eigenvalue weighted by Gasteiger charge is -2.30. The van der Waals surface area contributed by atoms with Crippen molar-refractivity contribution < 1.29 is 14.4 Å². The van der Waals surface area contributed by atoms with Crippen LogP contribution in [-0.4, -0.2) is 46.8 Å². The predicted octanol–water partition coefficient (Wildman–Crippen LogP) is 1.40. The Kier molecular flexibility index (Phi) is 5.50. The van der Waals surface area contributed by atoms with Crippen molar-refractivity contribution in [2.75, 3.05) is 25.5 Å². The maximum atomic E-state index is 11.8. The zero-order valence-corrected chi connectivity index (χ0v) is 12.1. The number of hydrogen-bond donors (Lipinski definition) is 2. The highest BCUT2D eigenvalue weighted by molar-refractivity contribution is 5.91. The number of aliphatic hydroxyl groups is 1. The van der Waals surface area contributed by atoms with Crippen LogP contribution in [-0.2, 0) is 4.79 Å². The molecule has 0 bridgehead atoms. The molecule has 0 atom stereocenters. The van der Waals surface area contributed by atoms with E-state index in [2.05, 4.69) is 10.5 Å². The third kappa shape index (κ3) is 5.00. The van der Waals surface area contributed by atoms with Gasteiger partial charge in [-0.05, 0) is 26.8 Å². The molecule has 0 fully saturated rings. The number of carbonyl (C=O) groups excluding carboxylic acids is 1. The van der Waals surface area contributed by atoms with Gasteiger partial charge in [0.2, 0.25) is 5.91 Å². The maximum absolute atomic E-state index is 11.8. The Morgan fingerprint density at radius 2 is 2.16 bits per heavy atom. The third-order valence-electron chi connectivity index (χ3n) is 3.19. The Bertz CT molecular complexity index is 413. The van der Waals surface area contributed by atoms with Gasteiger partial charge in [-0.25, -0.2) is 0 Å². The average Bonchev–Trinajstić information content (AvgIpc) is 2.74. The van der Waals surface area contributed by atoms with E-state index in [0.717, 1.165) is 0 Å². The highest BCUT2D eigenvalue weighted by Gasteiger charge is 2.24. The largest absolute Gasteiger partial charge is 0.389 e. The molecular weight excluding hydrogens is 246 g/mol. The van der Waals surface area contributed by atoms with E-state index in [1.807, 2.05) is 20.9 Å². The second-order valence-electron chi connectivity index (χ2n) is 4.97. The first kappa shape index (κ1) is 15.7. The van der Waals surface area contributed by atoms with Gasteiger partial charge in [0.1, 0.15) is 5.76 Å². The molecule has 108 valence electrons. The van der Waals surface area contributed by atoms with Gasteiger partial charge in [0.05, 0.1) is 12.1 Å². The summed E-state index contributed by atoms with van der Waals surface area (Å²) in [6.07, 6.45) is 1.33. The minimum atomic E-state index is -0.737. The molecule has 0 aromatic carbocycles. The fourth-order valence-corrected chi connectivity index (χ4v) is 1.88. The highest BCUT2D eigenvalue weighted by Crippen LogP contribution is 2.15. The molecule has 1 aromatic rings. The summed E-state index contributed by atoms with van der Waals surface area (Å²) in [6, 6.07) is 1.66. The smallest absolute Gasteiger partial charge is 0.239 e. The van der Waals surface area contributed by atoms with E-state index in [9.17, 15) is 9.90 Å². The molecule has 1 aromatic heterocycles. The molecule has 6 nitrogen and oxygen atoms in total. The zero-order valence-electron chi connectivity index (χ0n) is 12.1. The molecule has 0 spiro atoms. The van der Waals surface area contributed by atoms with Gasteiger partial charge in [0.15, 0.2) is 5.82 Å². The van der Waals surface area contributed by atoms with E-state index in [0.29, 0.717) is 31.0 Å². The summed E-state index contributed by atoms with van der Waals surface area (Å²) in [4.78, 5) is 13.6. The van der Waals surface area contributed by atoms with Crippen molar-refractivity contribution in [3.05, 3.63) is 11.8 Å². The molecule has 1 heterocycles. The van der Waals surface area contributed by atoms with Gasteiger partial charge >= 0.3 is 0 Å². The predicted molar refractivity (Wildman–Crippen MR) is 72.9 cm³/mol. The number of rotatable bonds is 7. The summed E-state index contributed by atoms with van der Waals surface area (Å²) >= 11 is 0. The van der Waals surface area contributed by atoms with Gasteiger partial charge < -0.3 is 14.9 Å². The number of aromatic nitrogens is 1. The fourth-order valence-electron chi connectivity index (χ4n) is 1.88. The van der Waals surface area contributed by atoms with Gasteiger partial charge in [-0.15, -0.1) is 0 Å². The quantitative estimate of drug-likeness (QED) is 0.782. The van der Waals surface area contributed by atoms with Crippen LogP contribution in [0.5, 0.6) is 0 Å². The summed E-state index contributed by atoms with van der Waals surface area (Å²) in [5.74, 6) is 0.887. The van der Waals surface area contributed by atoms with Crippen LogP contribution in [0.4, 0.5) is 5.82 Å². The number of amides is 1. The van der Waals surface area contributed by atoms with Crippen LogP contribution in [0.3, 0.4) is 0 Å². The lowest BCUT2D eigenvalue weighted by atomic mass is 9.97. The number of carbonyl (C=O) groups is 1. The lowest BCUT2D eigenvalue weighted by molar-refractivity contribution is -0.117. The lowest BCUT2D eigenvalue weighted by Crippen LogP contribution is -2.43. The highest BCUT2D eigenvalue weighted by atomic mass is 16.5. The van der Waals surface area contributed by atoms with E-state index < -0.39 is 5.60 Å². The van der Waals surface area contributed by atoms with Gasteiger partial charge in [-0.3, -0.25) is 9.69 Å². The Labute approximate surface area is 113 Å². The van der Waals surface area contributed by atoms with Gasteiger partial charge in [-0.1, -0.05) is 19.0 Å². The number of anilines is 1. The van der Waals surface area contributed by atoms with E-state index in [4.69, 9.17) is 4.52 Å². The van der Waals surface area contributed by atoms with E-state index in [1.54, 1.807) is 17.9 Å². The van der Waals surface area contributed by atoms with Crippen molar-refractivity contribution in [1.29, 1.82) is 0 Å². The van der Waals surface area contributed by atoms with Crippen molar-refractivity contribution in [3.8, 4) is 0 Å². The zero-order chi connectivity index (χ0) is 14.5. The summed E-state index contributed by atoms with van der Waals surface area (Å²) in [7, 11) is 1.81. The van der Waals surface area contributed by atoms with Crippen LogP contribution in [0.2, 0.25) is 0 Å². The normalized spacial score (nSPS) is 11.9. The van der Waals surface area contributed by atoms with E-state index in [-0.39, 0.29) is 12.5 Å². The summed E-state index contributed by atoms with van der Waals surface area (Å²) in [5.41, 5.74) is -0.737. The fraction of sp³-hybridized carbons (Fsp3) is 0.692.